The summed E-state index contributed by atoms with van der Waals surface area (Å²) < 4.78 is 4.63. The Hall–Kier alpha value is -2.63. The van der Waals surface area contributed by atoms with Crippen molar-refractivity contribution < 1.29 is 19.1 Å². The van der Waals surface area contributed by atoms with Crippen LogP contribution >= 0.6 is 0 Å². The lowest BCUT2D eigenvalue weighted by Gasteiger charge is -2.14. The SMILES string of the molecule is COC(=O)c1ccc(/C=C/C(=O)NCCCN2CCCC2=O)cc1. The number of nitrogens with one attached hydrogen (secondary N) is 1. The third-order valence-corrected chi connectivity index (χ3v) is 3.83. The maximum absolute atomic E-state index is 11.7. The molecule has 6 nitrogen and oxygen atoms in total. The lowest BCUT2D eigenvalue weighted by atomic mass is 10.1. The number of amides is 2. The molecule has 0 atom stereocenters. The van der Waals surface area contributed by atoms with Crippen LogP contribution in [0.3, 0.4) is 0 Å². The minimum atomic E-state index is -0.389. The zero-order valence-electron chi connectivity index (χ0n) is 13.8. The van der Waals surface area contributed by atoms with E-state index in [2.05, 4.69) is 10.1 Å². The maximum atomic E-state index is 11.7. The van der Waals surface area contributed by atoms with Crippen molar-refractivity contribution in [1.29, 1.82) is 0 Å². The number of carbonyl (C=O) groups is 3. The lowest BCUT2D eigenvalue weighted by molar-refractivity contribution is -0.127. The van der Waals surface area contributed by atoms with Crippen molar-refractivity contribution in [3.05, 3.63) is 41.5 Å². The van der Waals surface area contributed by atoms with Gasteiger partial charge in [-0.3, -0.25) is 9.59 Å². The summed E-state index contributed by atoms with van der Waals surface area (Å²) in [7, 11) is 1.33. The van der Waals surface area contributed by atoms with Gasteiger partial charge in [0.15, 0.2) is 0 Å². The second-order valence-electron chi connectivity index (χ2n) is 5.58. The first-order valence-electron chi connectivity index (χ1n) is 8.02. The third-order valence-electron chi connectivity index (χ3n) is 3.83. The van der Waals surface area contributed by atoms with E-state index < -0.39 is 0 Å². The molecule has 0 aromatic heterocycles. The van der Waals surface area contributed by atoms with Crippen molar-refractivity contribution in [2.24, 2.45) is 0 Å². The molecule has 0 unspecified atom stereocenters. The monoisotopic (exact) mass is 330 g/mol. The highest BCUT2D eigenvalue weighted by Crippen LogP contribution is 2.09. The van der Waals surface area contributed by atoms with Crippen molar-refractivity contribution in [3.8, 4) is 0 Å². The van der Waals surface area contributed by atoms with Gasteiger partial charge in [-0.2, -0.15) is 0 Å². The van der Waals surface area contributed by atoms with Gasteiger partial charge in [-0.05, 0) is 36.6 Å². The Morgan fingerprint density at radius 2 is 2.04 bits per heavy atom. The lowest BCUT2D eigenvalue weighted by Crippen LogP contribution is -2.29. The van der Waals surface area contributed by atoms with Crippen molar-refractivity contribution in [3.63, 3.8) is 0 Å². The van der Waals surface area contributed by atoms with Crippen LogP contribution in [0.1, 0.15) is 35.2 Å². The molecule has 2 amide bonds. The topological polar surface area (TPSA) is 75.7 Å². The number of likely N-dealkylation sites (tertiary alicyclic amines) is 1. The summed E-state index contributed by atoms with van der Waals surface area (Å²) in [6.45, 7) is 2.06. The molecular weight excluding hydrogens is 308 g/mol. The van der Waals surface area contributed by atoms with Crippen LogP contribution in [-0.2, 0) is 14.3 Å². The van der Waals surface area contributed by atoms with Gasteiger partial charge in [0, 0.05) is 32.1 Å². The fourth-order valence-electron chi connectivity index (χ4n) is 2.50. The van der Waals surface area contributed by atoms with Crippen LogP contribution in [0.5, 0.6) is 0 Å². The Morgan fingerprint density at radius 1 is 1.29 bits per heavy atom. The average molecular weight is 330 g/mol. The van der Waals surface area contributed by atoms with E-state index in [1.807, 2.05) is 4.90 Å². The Balaban J connectivity index is 1.70. The Labute approximate surface area is 141 Å². The molecule has 1 saturated heterocycles. The minimum absolute atomic E-state index is 0.181. The third kappa shape index (κ3) is 5.22. The number of methoxy groups -OCH3 is 1. The van der Waals surface area contributed by atoms with E-state index in [4.69, 9.17) is 0 Å². The largest absolute Gasteiger partial charge is 0.465 e. The molecule has 0 bridgehead atoms. The van der Waals surface area contributed by atoms with E-state index in [0.717, 1.165) is 24.9 Å². The summed E-state index contributed by atoms with van der Waals surface area (Å²) >= 11 is 0. The number of rotatable bonds is 7. The smallest absolute Gasteiger partial charge is 0.337 e. The molecule has 128 valence electrons. The van der Waals surface area contributed by atoms with Crippen LogP contribution in [0.4, 0.5) is 0 Å². The van der Waals surface area contributed by atoms with Gasteiger partial charge >= 0.3 is 5.97 Å². The zero-order valence-corrected chi connectivity index (χ0v) is 13.8. The summed E-state index contributed by atoms with van der Waals surface area (Å²) in [5, 5.41) is 2.79. The Kier molecular flexibility index (Phi) is 6.54. The van der Waals surface area contributed by atoms with E-state index >= 15 is 0 Å². The van der Waals surface area contributed by atoms with Gasteiger partial charge < -0.3 is 15.0 Å². The zero-order chi connectivity index (χ0) is 17.4. The first-order valence-corrected chi connectivity index (χ1v) is 8.02. The van der Waals surface area contributed by atoms with E-state index in [1.165, 1.54) is 13.2 Å². The average Bonchev–Trinajstić information content (AvgIpc) is 3.01. The number of nitrogens with zero attached hydrogens (tertiary/aromatic N) is 1. The predicted octanol–water partition coefficient (Wildman–Crippen LogP) is 1.62. The number of ether oxygens (including phenoxy) is 1. The minimum Gasteiger partial charge on any atom is -0.465 e. The summed E-state index contributed by atoms with van der Waals surface area (Å²) in [5.74, 6) is -0.365. The molecule has 1 aliphatic heterocycles. The second-order valence-corrected chi connectivity index (χ2v) is 5.58. The standard InChI is InChI=1S/C18H22N2O4/c1-24-18(23)15-8-5-14(6-9-15)7-10-16(21)19-11-3-13-20-12-2-4-17(20)22/h5-10H,2-4,11-13H2,1H3,(H,19,21)/b10-7+. The van der Waals surface area contributed by atoms with Gasteiger partial charge in [0.25, 0.3) is 0 Å². The van der Waals surface area contributed by atoms with Gasteiger partial charge in [0.2, 0.25) is 11.8 Å². The Morgan fingerprint density at radius 3 is 2.67 bits per heavy atom. The quantitative estimate of drug-likeness (QED) is 0.468. The number of hydrogen-bond acceptors (Lipinski definition) is 4. The molecule has 0 spiro atoms. The number of esters is 1. The first kappa shape index (κ1) is 17.7. The molecule has 6 heteroatoms. The van der Waals surface area contributed by atoms with Crippen LogP contribution in [-0.4, -0.2) is 49.4 Å². The van der Waals surface area contributed by atoms with Crippen LogP contribution in [0.2, 0.25) is 0 Å². The number of hydrogen-bond donors (Lipinski definition) is 1. The van der Waals surface area contributed by atoms with Crippen molar-refractivity contribution in [2.45, 2.75) is 19.3 Å². The first-order chi connectivity index (χ1) is 11.6. The highest BCUT2D eigenvalue weighted by Gasteiger charge is 2.18. The molecule has 0 saturated carbocycles. The van der Waals surface area contributed by atoms with Gasteiger partial charge in [-0.15, -0.1) is 0 Å². The molecule has 24 heavy (non-hydrogen) atoms. The highest BCUT2D eigenvalue weighted by atomic mass is 16.5. The van der Waals surface area contributed by atoms with Gasteiger partial charge in [0.05, 0.1) is 12.7 Å². The van der Waals surface area contributed by atoms with Crippen molar-refractivity contribution in [1.82, 2.24) is 10.2 Å². The molecule has 1 aromatic rings. The van der Waals surface area contributed by atoms with E-state index in [1.54, 1.807) is 30.3 Å². The Bertz CT molecular complexity index is 622. The summed E-state index contributed by atoms with van der Waals surface area (Å²) in [5.41, 5.74) is 1.29. The van der Waals surface area contributed by atoms with Crippen LogP contribution in [0.25, 0.3) is 6.08 Å². The van der Waals surface area contributed by atoms with Crippen LogP contribution < -0.4 is 5.32 Å². The number of benzene rings is 1. The summed E-state index contributed by atoms with van der Waals surface area (Å²) in [6, 6.07) is 6.79. The summed E-state index contributed by atoms with van der Waals surface area (Å²) in [6.07, 6.45) is 5.46. The van der Waals surface area contributed by atoms with Gasteiger partial charge in [-0.25, -0.2) is 4.79 Å². The molecule has 1 N–H and O–H groups in total. The molecule has 1 heterocycles. The highest BCUT2D eigenvalue weighted by molar-refractivity contribution is 5.92. The molecule has 0 radical (unpaired) electrons. The van der Waals surface area contributed by atoms with Crippen LogP contribution in [0.15, 0.2) is 30.3 Å². The molecule has 2 rings (SSSR count). The van der Waals surface area contributed by atoms with Crippen molar-refractivity contribution >= 4 is 23.9 Å². The van der Waals surface area contributed by atoms with Gasteiger partial charge in [0.1, 0.15) is 0 Å². The fourth-order valence-corrected chi connectivity index (χ4v) is 2.50. The summed E-state index contributed by atoms with van der Waals surface area (Å²) in [4.78, 5) is 36.4. The molecule has 1 aliphatic rings. The fraction of sp³-hybridized carbons (Fsp3) is 0.389. The van der Waals surface area contributed by atoms with E-state index in [-0.39, 0.29) is 17.8 Å². The van der Waals surface area contributed by atoms with E-state index in [9.17, 15) is 14.4 Å². The molecular formula is C18H22N2O4. The maximum Gasteiger partial charge on any atom is 0.337 e. The second kappa shape index (κ2) is 8.86. The predicted molar refractivity (Wildman–Crippen MR) is 90.3 cm³/mol. The number of carbonyl (C=O) groups excluding carboxylic acids is 3. The normalized spacial score (nSPS) is 14.2. The molecule has 1 aromatic carbocycles. The molecule has 0 aliphatic carbocycles. The van der Waals surface area contributed by atoms with E-state index in [0.29, 0.717) is 25.1 Å². The van der Waals surface area contributed by atoms with Crippen LogP contribution in [0, 0.1) is 0 Å². The molecule has 1 fully saturated rings. The van der Waals surface area contributed by atoms with Crippen molar-refractivity contribution in [2.75, 3.05) is 26.7 Å². The van der Waals surface area contributed by atoms with Gasteiger partial charge in [-0.1, -0.05) is 12.1 Å².